The third-order valence-electron chi connectivity index (χ3n) is 2.89. The molecular weight excluding hydrogens is 253 g/mol. The van der Waals surface area contributed by atoms with Gasteiger partial charge in [-0.1, -0.05) is 30.7 Å². The Morgan fingerprint density at radius 3 is 3.00 bits per heavy atom. The normalized spacial score (nSPS) is 12.7. The molecular formula is C13H15ClFN3. The molecule has 2 rings (SSSR count). The van der Waals surface area contributed by atoms with Gasteiger partial charge >= 0.3 is 0 Å². The van der Waals surface area contributed by atoms with E-state index in [1.165, 1.54) is 6.07 Å². The van der Waals surface area contributed by atoms with E-state index >= 15 is 0 Å². The third-order valence-corrected chi connectivity index (χ3v) is 3.18. The van der Waals surface area contributed by atoms with Crippen LogP contribution in [0.25, 0.3) is 0 Å². The van der Waals surface area contributed by atoms with Gasteiger partial charge < -0.3 is 5.73 Å². The lowest BCUT2D eigenvalue weighted by atomic mass is 10.1. The SMILES string of the molecule is CCC(N)c1cnn(Cc2cccc(Cl)c2F)c1. The minimum Gasteiger partial charge on any atom is -0.324 e. The molecule has 2 N–H and O–H groups in total. The highest BCUT2D eigenvalue weighted by Crippen LogP contribution is 2.19. The van der Waals surface area contributed by atoms with E-state index in [4.69, 9.17) is 17.3 Å². The minimum absolute atomic E-state index is 0.0250. The van der Waals surface area contributed by atoms with E-state index in [9.17, 15) is 4.39 Å². The van der Waals surface area contributed by atoms with E-state index in [-0.39, 0.29) is 11.1 Å². The zero-order valence-corrected chi connectivity index (χ0v) is 10.9. The fourth-order valence-corrected chi connectivity index (χ4v) is 1.93. The van der Waals surface area contributed by atoms with Gasteiger partial charge in [0, 0.05) is 23.4 Å². The topological polar surface area (TPSA) is 43.8 Å². The molecule has 96 valence electrons. The molecule has 1 aromatic carbocycles. The highest BCUT2D eigenvalue weighted by atomic mass is 35.5. The highest BCUT2D eigenvalue weighted by molar-refractivity contribution is 6.30. The molecule has 3 nitrogen and oxygen atoms in total. The molecule has 0 fully saturated rings. The van der Waals surface area contributed by atoms with Crippen molar-refractivity contribution in [1.29, 1.82) is 0 Å². The van der Waals surface area contributed by atoms with Crippen molar-refractivity contribution >= 4 is 11.6 Å². The molecule has 2 aromatic rings. The molecule has 0 aliphatic carbocycles. The maximum Gasteiger partial charge on any atom is 0.146 e. The zero-order valence-electron chi connectivity index (χ0n) is 10.1. The van der Waals surface area contributed by atoms with Gasteiger partial charge in [-0.15, -0.1) is 0 Å². The Hall–Kier alpha value is -1.39. The van der Waals surface area contributed by atoms with Crippen LogP contribution in [-0.4, -0.2) is 9.78 Å². The predicted molar refractivity (Wildman–Crippen MR) is 70.0 cm³/mol. The Morgan fingerprint density at radius 1 is 1.50 bits per heavy atom. The second-order valence-electron chi connectivity index (χ2n) is 4.20. The van der Waals surface area contributed by atoms with Gasteiger partial charge in [0.25, 0.3) is 0 Å². The first-order chi connectivity index (χ1) is 8.61. The lowest BCUT2D eigenvalue weighted by Gasteiger charge is -2.06. The molecule has 0 bridgehead atoms. The smallest absolute Gasteiger partial charge is 0.146 e. The molecule has 0 amide bonds. The van der Waals surface area contributed by atoms with Crippen molar-refractivity contribution in [2.75, 3.05) is 0 Å². The van der Waals surface area contributed by atoms with Crippen LogP contribution in [0.15, 0.2) is 30.6 Å². The lowest BCUT2D eigenvalue weighted by Crippen LogP contribution is -2.07. The van der Waals surface area contributed by atoms with Crippen LogP contribution in [0, 0.1) is 5.82 Å². The van der Waals surface area contributed by atoms with Gasteiger partial charge in [0.15, 0.2) is 0 Å². The average Bonchev–Trinajstić information content (AvgIpc) is 2.82. The fourth-order valence-electron chi connectivity index (χ4n) is 1.74. The molecule has 0 radical (unpaired) electrons. The molecule has 5 heteroatoms. The number of benzene rings is 1. The van der Waals surface area contributed by atoms with Gasteiger partial charge in [-0.25, -0.2) is 4.39 Å². The van der Waals surface area contributed by atoms with E-state index in [2.05, 4.69) is 5.10 Å². The van der Waals surface area contributed by atoms with Crippen molar-refractivity contribution in [2.45, 2.75) is 25.9 Å². The van der Waals surface area contributed by atoms with Crippen molar-refractivity contribution in [3.05, 3.63) is 52.6 Å². The standard InChI is InChI=1S/C13H15ClFN3/c1-2-12(16)10-6-17-18(8-10)7-9-4-3-5-11(14)13(9)15/h3-6,8,12H,2,7,16H2,1H3. The summed E-state index contributed by atoms with van der Waals surface area (Å²) in [6.45, 7) is 2.36. The molecule has 0 aliphatic heterocycles. The first-order valence-corrected chi connectivity index (χ1v) is 6.20. The summed E-state index contributed by atoms with van der Waals surface area (Å²) in [6, 6.07) is 4.93. The number of hydrogen-bond acceptors (Lipinski definition) is 2. The summed E-state index contributed by atoms with van der Waals surface area (Å²) in [5, 5.41) is 4.31. The molecule has 1 atom stereocenters. The van der Waals surface area contributed by atoms with Crippen LogP contribution in [0.4, 0.5) is 4.39 Å². The van der Waals surface area contributed by atoms with Gasteiger partial charge in [-0.2, -0.15) is 5.10 Å². The summed E-state index contributed by atoms with van der Waals surface area (Å²) >= 11 is 5.73. The van der Waals surface area contributed by atoms with E-state index in [1.54, 1.807) is 23.0 Å². The molecule has 0 saturated carbocycles. The quantitative estimate of drug-likeness (QED) is 0.925. The lowest BCUT2D eigenvalue weighted by molar-refractivity contribution is 0.585. The van der Waals surface area contributed by atoms with Crippen molar-refractivity contribution in [2.24, 2.45) is 5.73 Å². The van der Waals surface area contributed by atoms with Crippen molar-refractivity contribution in [3.63, 3.8) is 0 Å². The summed E-state index contributed by atoms with van der Waals surface area (Å²) in [5.74, 6) is -0.393. The number of halogens is 2. The van der Waals surface area contributed by atoms with Crippen LogP contribution < -0.4 is 5.73 Å². The third kappa shape index (κ3) is 2.71. The molecule has 0 saturated heterocycles. The number of aromatic nitrogens is 2. The van der Waals surface area contributed by atoms with Crippen LogP contribution in [0.3, 0.4) is 0 Å². The maximum absolute atomic E-state index is 13.7. The fraction of sp³-hybridized carbons (Fsp3) is 0.308. The van der Waals surface area contributed by atoms with Crippen LogP contribution in [0.5, 0.6) is 0 Å². The number of rotatable bonds is 4. The second kappa shape index (κ2) is 5.50. The van der Waals surface area contributed by atoms with Gasteiger partial charge in [0.2, 0.25) is 0 Å². The van der Waals surface area contributed by atoms with Gasteiger partial charge in [0.1, 0.15) is 5.82 Å². The number of nitrogens with two attached hydrogens (primary N) is 1. The Balaban J connectivity index is 2.19. The van der Waals surface area contributed by atoms with E-state index < -0.39 is 5.82 Å². The summed E-state index contributed by atoms with van der Waals surface area (Å²) < 4.78 is 15.4. The summed E-state index contributed by atoms with van der Waals surface area (Å²) in [7, 11) is 0. The minimum atomic E-state index is -0.393. The van der Waals surface area contributed by atoms with E-state index in [0.29, 0.717) is 12.1 Å². The zero-order chi connectivity index (χ0) is 13.1. The van der Waals surface area contributed by atoms with Crippen molar-refractivity contribution in [1.82, 2.24) is 9.78 Å². The Bertz CT molecular complexity index is 539. The highest BCUT2D eigenvalue weighted by Gasteiger charge is 2.09. The summed E-state index contributed by atoms with van der Waals surface area (Å²) in [5.41, 5.74) is 7.38. The molecule has 1 aromatic heterocycles. The monoisotopic (exact) mass is 267 g/mol. The van der Waals surface area contributed by atoms with E-state index in [1.807, 2.05) is 13.1 Å². The second-order valence-corrected chi connectivity index (χ2v) is 4.61. The summed E-state index contributed by atoms with van der Waals surface area (Å²) in [6.07, 6.45) is 4.41. The number of hydrogen-bond donors (Lipinski definition) is 1. The Kier molecular flexibility index (Phi) is 3.99. The Labute approximate surface area is 110 Å². The first kappa shape index (κ1) is 13.1. The number of nitrogens with zero attached hydrogens (tertiary/aromatic N) is 2. The van der Waals surface area contributed by atoms with Crippen LogP contribution in [0.2, 0.25) is 5.02 Å². The van der Waals surface area contributed by atoms with Gasteiger partial charge in [0.05, 0.1) is 17.8 Å². The Morgan fingerprint density at radius 2 is 2.28 bits per heavy atom. The van der Waals surface area contributed by atoms with Crippen molar-refractivity contribution < 1.29 is 4.39 Å². The van der Waals surface area contributed by atoms with Gasteiger partial charge in [-0.05, 0) is 12.5 Å². The predicted octanol–water partition coefficient (Wildman–Crippen LogP) is 3.13. The van der Waals surface area contributed by atoms with Crippen LogP contribution >= 0.6 is 11.6 Å². The molecule has 1 unspecified atom stereocenters. The largest absolute Gasteiger partial charge is 0.324 e. The van der Waals surface area contributed by atoms with Gasteiger partial charge in [-0.3, -0.25) is 4.68 Å². The van der Waals surface area contributed by atoms with Crippen LogP contribution in [-0.2, 0) is 6.54 Å². The average molecular weight is 268 g/mol. The molecule has 1 heterocycles. The maximum atomic E-state index is 13.7. The summed E-state index contributed by atoms with van der Waals surface area (Å²) in [4.78, 5) is 0. The van der Waals surface area contributed by atoms with Crippen molar-refractivity contribution in [3.8, 4) is 0 Å². The molecule has 0 aliphatic rings. The van der Waals surface area contributed by atoms with E-state index in [0.717, 1.165) is 12.0 Å². The van der Waals surface area contributed by atoms with Crippen LogP contribution in [0.1, 0.15) is 30.5 Å². The molecule has 0 spiro atoms. The molecule has 18 heavy (non-hydrogen) atoms. The first-order valence-electron chi connectivity index (χ1n) is 5.82.